The number of ketones is 1. The molecule has 0 saturated heterocycles. The summed E-state index contributed by atoms with van der Waals surface area (Å²) in [6.07, 6.45) is 0.985. The van der Waals surface area contributed by atoms with Crippen molar-refractivity contribution in [2.45, 2.75) is 18.8 Å². The molecule has 1 aromatic rings. The Hall–Kier alpha value is -1.62. The molecule has 0 spiro atoms. The van der Waals surface area contributed by atoms with Crippen LogP contribution in [0.4, 0.5) is 0 Å². The zero-order valence-corrected chi connectivity index (χ0v) is 7.81. The second-order valence-electron chi connectivity index (χ2n) is 3.66. The number of hydrogen-bond acceptors (Lipinski definition) is 2. The van der Waals surface area contributed by atoms with E-state index < -0.39 is 0 Å². The summed E-state index contributed by atoms with van der Waals surface area (Å²) in [7, 11) is 0. The van der Waals surface area contributed by atoms with Crippen LogP contribution < -0.4 is 0 Å². The minimum Gasteiger partial charge on any atom is -0.298 e. The summed E-state index contributed by atoms with van der Waals surface area (Å²) < 4.78 is 0. The van der Waals surface area contributed by atoms with Gasteiger partial charge in [-0.2, -0.15) is 5.26 Å². The summed E-state index contributed by atoms with van der Waals surface area (Å²) >= 11 is 0. The molecule has 70 valence electrons. The number of carbonyl (C=O) groups excluding carboxylic acids is 1. The van der Waals surface area contributed by atoms with E-state index in [-0.39, 0.29) is 18.1 Å². The molecule has 2 heteroatoms. The lowest BCUT2D eigenvalue weighted by molar-refractivity contribution is -0.119. The minimum absolute atomic E-state index is 0.0635. The summed E-state index contributed by atoms with van der Waals surface area (Å²) in [5.74, 6) is 0.579. The van der Waals surface area contributed by atoms with Crippen LogP contribution in [0.25, 0.3) is 0 Å². The van der Waals surface area contributed by atoms with Gasteiger partial charge >= 0.3 is 0 Å². The van der Waals surface area contributed by atoms with E-state index in [1.807, 2.05) is 36.4 Å². The fourth-order valence-corrected chi connectivity index (χ4v) is 1.83. The molecule has 0 aliphatic heterocycles. The fraction of sp³-hybridized carbons (Fsp3) is 0.333. The van der Waals surface area contributed by atoms with Crippen LogP contribution in [-0.4, -0.2) is 5.78 Å². The molecule has 1 aliphatic rings. The van der Waals surface area contributed by atoms with Crippen molar-refractivity contribution in [1.82, 2.24) is 0 Å². The lowest BCUT2D eigenvalue weighted by Crippen LogP contribution is -2.00. The third-order valence-electron chi connectivity index (χ3n) is 2.69. The van der Waals surface area contributed by atoms with Gasteiger partial charge in [0, 0.05) is 5.92 Å². The number of Topliss-reactive ketones (excluding diaryl/α,β-unsaturated/α-hetero) is 1. The third kappa shape index (κ3) is 1.67. The van der Waals surface area contributed by atoms with Gasteiger partial charge in [0.05, 0.1) is 12.5 Å². The monoisotopic (exact) mass is 185 g/mol. The van der Waals surface area contributed by atoms with Gasteiger partial charge in [-0.05, 0) is 17.9 Å². The first-order chi connectivity index (χ1) is 6.83. The van der Waals surface area contributed by atoms with Crippen molar-refractivity contribution in [2.24, 2.45) is 5.92 Å². The standard InChI is InChI=1S/C12H11NO/c13-7-6-12(14)11-8-10(11)9-4-2-1-3-5-9/h1-5,10-11H,6,8H2. The largest absolute Gasteiger partial charge is 0.298 e. The highest BCUT2D eigenvalue weighted by molar-refractivity contribution is 5.86. The highest BCUT2D eigenvalue weighted by Gasteiger charge is 2.42. The average molecular weight is 185 g/mol. The summed E-state index contributed by atoms with van der Waals surface area (Å²) in [5, 5.41) is 8.40. The van der Waals surface area contributed by atoms with Crippen LogP contribution in [0, 0.1) is 17.2 Å². The van der Waals surface area contributed by atoms with Gasteiger partial charge in [-0.3, -0.25) is 4.79 Å². The van der Waals surface area contributed by atoms with Crippen molar-refractivity contribution in [2.75, 3.05) is 0 Å². The maximum Gasteiger partial charge on any atom is 0.150 e. The maximum atomic E-state index is 11.4. The first-order valence-electron chi connectivity index (χ1n) is 4.77. The normalized spacial score (nSPS) is 23.9. The van der Waals surface area contributed by atoms with E-state index in [9.17, 15) is 4.79 Å². The number of hydrogen-bond donors (Lipinski definition) is 0. The quantitative estimate of drug-likeness (QED) is 0.724. The molecular formula is C12H11NO. The Labute approximate surface area is 83.2 Å². The van der Waals surface area contributed by atoms with Crippen molar-refractivity contribution in [1.29, 1.82) is 5.26 Å². The average Bonchev–Trinajstić information content (AvgIpc) is 2.99. The van der Waals surface area contributed by atoms with E-state index in [0.717, 1.165) is 6.42 Å². The molecule has 0 N–H and O–H groups in total. The highest BCUT2D eigenvalue weighted by Crippen LogP contribution is 2.48. The second kappa shape index (κ2) is 3.63. The van der Waals surface area contributed by atoms with Crippen LogP contribution in [-0.2, 0) is 4.79 Å². The van der Waals surface area contributed by atoms with E-state index in [1.54, 1.807) is 0 Å². The van der Waals surface area contributed by atoms with Crippen molar-refractivity contribution in [3.8, 4) is 6.07 Å². The smallest absolute Gasteiger partial charge is 0.150 e. The van der Waals surface area contributed by atoms with Gasteiger partial charge in [0.2, 0.25) is 0 Å². The zero-order valence-electron chi connectivity index (χ0n) is 7.81. The SMILES string of the molecule is N#CCC(=O)C1CC1c1ccccc1. The van der Waals surface area contributed by atoms with Gasteiger partial charge in [0.15, 0.2) is 5.78 Å². The Morgan fingerprint density at radius 2 is 2.14 bits per heavy atom. The van der Waals surface area contributed by atoms with Crippen molar-refractivity contribution in [3.05, 3.63) is 35.9 Å². The Morgan fingerprint density at radius 3 is 2.79 bits per heavy atom. The van der Waals surface area contributed by atoms with Gasteiger partial charge in [-0.15, -0.1) is 0 Å². The number of rotatable bonds is 3. The molecule has 1 aliphatic carbocycles. The van der Waals surface area contributed by atoms with Gasteiger partial charge in [0.25, 0.3) is 0 Å². The molecule has 0 amide bonds. The lowest BCUT2D eigenvalue weighted by Gasteiger charge is -1.97. The van der Waals surface area contributed by atoms with Gasteiger partial charge in [-0.25, -0.2) is 0 Å². The molecule has 2 unspecified atom stereocenters. The predicted octanol–water partition coefficient (Wildman–Crippen LogP) is 2.27. The van der Waals surface area contributed by atoms with Gasteiger partial charge in [-0.1, -0.05) is 30.3 Å². The van der Waals surface area contributed by atoms with Crippen LogP contribution >= 0.6 is 0 Å². The highest BCUT2D eigenvalue weighted by atomic mass is 16.1. The van der Waals surface area contributed by atoms with Crippen molar-refractivity contribution < 1.29 is 4.79 Å². The molecule has 2 rings (SSSR count). The summed E-state index contributed by atoms with van der Waals surface area (Å²) in [6, 6.07) is 11.9. The first-order valence-corrected chi connectivity index (χ1v) is 4.77. The number of nitriles is 1. The Balaban J connectivity index is 2.01. The molecule has 14 heavy (non-hydrogen) atoms. The van der Waals surface area contributed by atoms with Crippen molar-refractivity contribution in [3.63, 3.8) is 0 Å². The lowest BCUT2D eigenvalue weighted by atomic mass is 10.1. The molecule has 2 nitrogen and oxygen atoms in total. The van der Waals surface area contributed by atoms with Crippen LogP contribution in [0.5, 0.6) is 0 Å². The topological polar surface area (TPSA) is 40.9 Å². The van der Waals surface area contributed by atoms with Crippen LogP contribution in [0.1, 0.15) is 24.3 Å². The van der Waals surface area contributed by atoms with E-state index in [1.165, 1.54) is 5.56 Å². The Bertz CT molecular complexity index is 377. The fourth-order valence-electron chi connectivity index (χ4n) is 1.83. The first kappa shape index (κ1) is 8.96. The van der Waals surface area contributed by atoms with Gasteiger partial charge in [0.1, 0.15) is 0 Å². The maximum absolute atomic E-state index is 11.4. The molecule has 1 fully saturated rings. The number of nitrogens with zero attached hydrogens (tertiary/aromatic N) is 1. The van der Waals surface area contributed by atoms with Crippen LogP contribution in [0.2, 0.25) is 0 Å². The molecule has 2 atom stereocenters. The van der Waals surface area contributed by atoms with Crippen LogP contribution in [0.3, 0.4) is 0 Å². The molecule has 0 radical (unpaired) electrons. The van der Waals surface area contributed by atoms with Crippen LogP contribution in [0.15, 0.2) is 30.3 Å². The van der Waals surface area contributed by atoms with E-state index in [2.05, 4.69) is 0 Å². The molecule has 0 bridgehead atoms. The molecular weight excluding hydrogens is 174 g/mol. The predicted molar refractivity (Wildman–Crippen MR) is 52.5 cm³/mol. The third-order valence-corrected chi connectivity index (χ3v) is 2.69. The minimum atomic E-state index is 0.0635. The van der Waals surface area contributed by atoms with E-state index >= 15 is 0 Å². The Morgan fingerprint density at radius 1 is 1.43 bits per heavy atom. The summed E-state index contributed by atoms with van der Waals surface area (Å²) in [6.45, 7) is 0. The summed E-state index contributed by atoms with van der Waals surface area (Å²) in [5.41, 5.74) is 1.23. The van der Waals surface area contributed by atoms with E-state index in [4.69, 9.17) is 5.26 Å². The van der Waals surface area contributed by atoms with E-state index in [0.29, 0.717) is 5.92 Å². The number of carbonyl (C=O) groups is 1. The molecule has 0 aromatic heterocycles. The molecule has 1 aromatic carbocycles. The molecule has 0 heterocycles. The molecule has 1 saturated carbocycles. The van der Waals surface area contributed by atoms with Crippen molar-refractivity contribution >= 4 is 5.78 Å². The summed E-state index contributed by atoms with van der Waals surface area (Å²) in [4.78, 5) is 11.4. The zero-order chi connectivity index (χ0) is 9.97. The van der Waals surface area contributed by atoms with Gasteiger partial charge < -0.3 is 0 Å². The Kier molecular flexibility index (Phi) is 2.32. The second-order valence-corrected chi connectivity index (χ2v) is 3.66. The number of benzene rings is 1.